The fraction of sp³-hybridized carbons (Fsp3) is 0.115. The van der Waals surface area contributed by atoms with E-state index in [1.807, 2.05) is 42.6 Å². The third kappa shape index (κ3) is 4.23. The largest absolute Gasteiger partial charge is 0.497 e. The van der Waals surface area contributed by atoms with E-state index in [4.69, 9.17) is 9.47 Å². The standard InChI is InChI=1S/C26H21N3O3/c1-31-23-8-9-24-22(11-21(13-27)20-6-3-18(17-30)4-7-20)16-29(25(24)12-23)15-19-5-10-26(32-2)28-14-19/h3-12,14,16-17H,15H2,1-2H3/b21-11+. The summed E-state index contributed by atoms with van der Waals surface area (Å²) in [5, 5.41) is 10.8. The highest BCUT2D eigenvalue weighted by Crippen LogP contribution is 2.30. The minimum absolute atomic E-state index is 0.517. The molecule has 0 aliphatic carbocycles. The second-order valence-electron chi connectivity index (χ2n) is 7.21. The number of nitrogens with zero attached hydrogens (tertiary/aromatic N) is 3. The number of fused-ring (bicyclic) bond motifs is 1. The smallest absolute Gasteiger partial charge is 0.212 e. The first-order valence-corrected chi connectivity index (χ1v) is 9.98. The Morgan fingerprint density at radius 1 is 1.09 bits per heavy atom. The molecule has 0 radical (unpaired) electrons. The lowest BCUT2D eigenvalue weighted by molar-refractivity contribution is 0.112. The molecule has 158 valence electrons. The Balaban J connectivity index is 1.79. The summed E-state index contributed by atoms with van der Waals surface area (Å²) in [5.41, 5.74) is 4.77. The minimum atomic E-state index is 0.517. The van der Waals surface area contributed by atoms with Gasteiger partial charge in [0.2, 0.25) is 5.88 Å². The number of hydrogen-bond donors (Lipinski definition) is 0. The summed E-state index contributed by atoms with van der Waals surface area (Å²) in [5.74, 6) is 1.32. The average Bonchev–Trinajstić information content (AvgIpc) is 3.19. The molecule has 6 nitrogen and oxygen atoms in total. The number of aldehydes is 1. The molecule has 0 amide bonds. The molecule has 0 bridgehead atoms. The van der Waals surface area contributed by atoms with Crippen LogP contribution in [0.25, 0.3) is 22.6 Å². The molecule has 4 aromatic rings. The van der Waals surface area contributed by atoms with E-state index in [2.05, 4.69) is 15.6 Å². The van der Waals surface area contributed by atoms with Crippen LogP contribution in [0, 0.1) is 11.3 Å². The van der Waals surface area contributed by atoms with Crippen molar-refractivity contribution >= 4 is 28.8 Å². The van der Waals surface area contributed by atoms with Crippen molar-refractivity contribution in [3.8, 4) is 17.7 Å². The van der Waals surface area contributed by atoms with E-state index in [1.54, 1.807) is 44.7 Å². The van der Waals surface area contributed by atoms with E-state index in [0.29, 0.717) is 23.6 Å². The number of carbonyl (C=O) groups is 1. The third-order valence-corrected chi connectivity index (χ3v) is 5.26. The number of nitriles is 1. The fourth-order valence-electron chi connectivity index (χ4n) is 3.57. The maximum atomic E-state index is 10.9. The molecule has 6 heteroatoms. The van der Waals surface area contributed by atoms with Crippen molar-refractivity contribution in [2.45, 2.75) is 6.54 Å². The first-order chi connectivity index (χ1) is 15.6. The van der Waals surface area contributed by atoms with Crippen LogP contribution in [0.3, 0.4) is 0 Å². The second-order valence-corrected chi connectivity index (χ2v) is 7.21. The number of benzene rings is 2. The highest BCUT2D eigenvalue weighted by atomic mass is 16.5. The third-order valence-electron chi connectivity index (χ3n) is 5.26. The molecule has 0 aliphatic heterocycles. The van der Waals surface area contributed by atoms with E-state index in [1.165, 1.54) is 0 Å². The van der Waals surface area contributed by atoms with Crippen molar-refractivity contribution < 1.29 is 14.3 Å². The maximum absolute atomic E-state index is 10.9. The lowest BCUT2D eigenvalue weighted by atomic mass is 10.0. The van der Waals surface area contributed by atoms with Gasteiger partial charge in [0, 0.05) is 47.6 Å². The van der Waals surface area contributed by atoms with Crippen LogP contribution in [0.1, 0.15) is 27.0 Å². The number of methoxy groups -OCH3 is 2. The zero-order valence-electron chi connectivity index (χ0n) is 17.8. The zero-order chi connectivity index (χ0) is 22.5. The molecule has 4 rings (SSSR count). The molecule has 2 heterocycles. The van der Waals surface area contributed by atoms with Crippen LogP contribution in [-0.4, -0.2) is 30.1 Å². The van der Waals surface area contributed by atoms with Gasteiger partial charge < -0.3 is 14.0 Å². The Labute approximate surface area is 186 Å². The Morgan fingerprint density at radius 2 is 1.91 bits per heavy atom. The summed E-state index contributed by atoms with van der Waals surface area (Å²) in [6, 6.07) is 18.9. The van der Waals surface area contributed by atoms with E-state index in [0.717, 1.165) is 39.6 Å². The molecule has 0 saturated carbocycles. The molecule has 0 N–H and O–H groups in total. The maximum Gasteiger partial charge on any atom is 0.212 e. The summed E-state index contributed by atoms with van der Waals surface area (Å²) < 4.78 is 12.7. The zero-order valence-corrected chi connectivity index (χ0v) is 17.8. The molecule has 0 aliphatic rings. The number of aromatic nitrogens is 2. The van der Waals surface area contributed by atoms with Crippen LogP contribution in [0.2, 0.25) is 0 Å². The average molecular weight is 423 g/mol. The van der Waals surface area contributed by atoms with Crippen LogP contribution in [-0.2, 0) is 6.54 Å². The fourth-order valence-corrected chi connectivity index (χ4v) is 3.57. The number of pyridine rings is 1. The van der Waals surface area contributed by atoms with Crippen molar-refractivity contribution in [2.75, 3.05) is 14.2 Å². The summed E-state index contributed by atoms with van der Waals surface area (Å²) in [4.78, 5) is 15.2. The molecule has 0 unspecified atom stereocenters. The van der Waals surface area contributed by atoms with Gasteiger partial charge in [0.1, 0.15) is 12.0 Å². The van der Waals surface area contributed by atoms with Gasteiger partial charge in [0.15, 0.2) is 0 Å². The summed E-state index contributed by atoms with van der Waals surface area (Å²) in [7, 11) is 3.23. The molecule has 0 atom stereocenters. The lowest BCUT2D eigenvalue weighted by Gasteiger charge is -2.07. The number of hydrogen-bond acceptors (Lipinski definition) is 5. The van der Waals surface area contributed by atoms with Gasteiger partial charge in [-0.3, -0.25) is 4.79 Å². The molecule has 0 saturated heterocycles. The lowest BCUT2D eigenvalue weighted by Crippen LogP contribution is -1.99. The van der Waals surface area contributed by atoms with Gasteiger partial charge in [0.05, 0.1) is 31.4 Å². The highest BCUT2D eigenvalue weighted by Gasteiger charge is 2.11. The Morgan fingerprint density at radius 3 is 2.53 bits per heavy atom. The van der Waals surface area contributed by atoms with Gasteiger partial charge in [-0.25, -0.2) is 4.98 Å². The quantitative estimate of drug-likeness (QED) is 0.310. The van der Waals surface area contributed by atoms with Crippen LogP contribution in [0.5, 0.6) is 11.6 Å². The number of rotatable bonds is 7. The van der Waals surface area contributed by atoms with E-state index in [-0.39, 0.29) is 0 Å². The predicted octanol–water partition coefficient (Wildman–Crippen LogP) is 4.98. The molecule has 32 heavy (non-hydrogen) atoms. The summed E-state index contributed by atoms with van der Waals surface area (Å²) in [6.07, 6.45) is 6.46. The minimum Gasteiger partial charge on any atom is -0.497 e. The van der Waals surface area contributed by atoms with Gasteiger partial charge in [-0.15, -0.1) is 0 Å². The van der Waals surface area contributed by atoms with Gasteiger partial charge in [-0.05, 0) is 29.3 Å². The van der Waals surface area contributed by atoms with Crippen molar-refractivity contribution in [3.63, 3.8) is 0 Å². The predicted molar refractivity (Wildman–Crippen MR) is 124 cm³/mol. The highest BCUT2D eigenvalue weighted by molar-refractivity contribution is 5.98. The van der Waals surface area contributed by atoms with E-state index < -0.39 is 0 Å². The first kappa shape index (κ1) is 20.9. The number of carbonyl (C=O) groups excluding carboxylic acids is 1. The van der Waals surface area contributed by atoms with Crippen LogP contribution >= 0.6 is 0 Å². The van der Waals surface area contributed by atoms with Crippen LogP contribution < -0.4 is 9.47 Å². The van der Waals surface area contributed by atoms with Crippen molar-refractivity contribution in [2.24, 2.45) is 0 Å². The van der Waals surface area contributed by atoms with Gasteiger partial charge in [-0.1, -0.05) is 30.3 Å². The van der Waals surface area contributed by atoms with E-state index >= 15 is 0 Å². The number of allylic oxidation sites excluding steroid dienone is 1. The summed E-state index contributed by atoms with van der Waals surface area (Å²) in [6.45, 7) is 0.602. The van der Waals surface area contributed by atoms with Gasteiger partial charge in [-0.2, -0.15) is 5.26 Å². The first-order valence-electron chi connectivity index (χ1n) is 9.98. The monoisotopic (exact) mass is 423 g/mol. The molecule has 0 fully saturated rings. The SMILES string of the molecule is COc1ccc2c(/C=C(\C#N)c3ccc(C=O)cc3)cn(Cc3ccc(OC)nc3)c2c1. The van der Waals surface area contributed by atoms with Crippen molar-refractivity contribution in [3.05, 3.63) is 89.2 Å². The molecule has 2 aromatic heterocycles. The van der Waals surface area contributed by atoms with Gasteiger partial charge in [0.25, 0.3) is 0 Å². The van der Waals surface area contributed by atoms with Crippen molar-refractivity contribution in [1.29, 1.82) is 5.26 Å². The Kier molecular flexibility index (Phi) is 6.00. The molecular weight excluding hydrogens is 402 g/mol. The molecular formula is C26H21N3O3. The number of ether oxygens (including phenoxy) is 2. The Bertz CT molecular complexity index is 1330. The van der Waals surface area contributed by atoms with Crippen molar-refractivity contribution in [1.82, 2.24) is 9.55 Å². The molecule has 2 aromatic carbocycles. The topological polar surface area (TPSA) is 77.1 Å². The van der Waals surface area contributed by atoms with E-state index in [9.17, 15) is 10.1 Å². The molecule has 0 spiro atoms. The summed E-state index contributed by atoms with van der Waals surface area (Å²) >= 11 is 0. The Hall–Kier alpha value is -4.37. The normalized spacial score (nSPS) is 11.2. The van der Waals surface area contributed by atoms with Crippen LogP contribution in [0.15, 0.2) is 67.0 Å². The second kappa shape index (κ2) is 9.19. The van der Waals surface area contributed by atoms with Gasteiger partial charge >= 0.3 is 0 Å². The van der Waals surface area contributed by atoms with Crippen LogP contribution in [0.4, 0.5) is 0 Å².